The number of hydrogen-bond acceptors (Lipinski definition) is 4. The normalized spacial score (nSPS) is 11.8. The molecule has 0 saturated carbocycles. The number of halogens is 1. The van der Waals surface area contributed by atoms with Crippen LogP contribution in [0.15, 0.2) is 18.2 Å². The number of benzene rings is 1. The van der Waals surface area contributed by atoms with Crippen LogP contribution in [0.5, 0.6) is 5.75 Å². The highest BCUT2D eigenvalue weighted by Gasteiger charge is 2.17. The van der Waals surface area contributed by atoms with Crippen LogP contribution in [0.2, 0.25) is 0 Å². The minimum atomic E-state index is -1.03. The average molecular weight is 283 g/mol. The molecule has 1 aromatic rings. The molecule has 110 valence electrons. The maximum Gasteiger partial charge on any atom is 0.318 e. The lowest BCUT2D eigenvalue weighted by molar-refractivity contribution is -0.126. The zero-order chi connectivity index (χ0) is 15.1. The van der Waals surface area contributed by atoms with E-state index in [9.17, 15) is 14.0 Å². The first-order valence-electron chi connectivity index (χ1n) is 6.20. The van der Waals surface area contributed by atoms with Crippen molar-refractivity contribution in [3.63, 3.8) is 0 Å². The topological polar surface area (TPSA) is 93.4 Å². The molecule has 0 aliphatic rings. The molecule has 4 N–H and O–H groups in total. The van der Waals surface area contributed by atoms with E-state index < -0.39 is 23.9 Å². The molecule has 1 atom stereocenters. The smallest absolute Gasteiger partial charge is 0.318 e. The van der Waals surface area contributed by atoms with Crippen LogP contribution in [-0.2, 0) is 11.3 Å². The molecule has 1 rings (SSSR count). The van der Waals surface area contributed by atoms with E-state index in [2.05, 4.69) is 5.32 Å². The van der Waals surface area contributed by atoms with Crippen molar-refractivity contribution >= 4 is 11.9 Å². The van der Waals surface area contributed by atoms with Gasteiger partial charge in [-0.1, -0.05) is 13.0 Å². The van der Waals surface area contributed by atoms with Gasteiger partial charge < -0.3 is 15.8 Å². The van der Waals surface area contributed by atoms with Gasteiger partial charge in [0.05, 0.1) is 0 Å². The molecule has 0 bridgehead atoms. The molecule has 3 amide bonds. The molecule has 6 nitrogen and oxygen atoms in total. The molecule has 7 heteroatoms. The minimum absolute atomic E-state index is 0.0580. The lowest BCUT2D eigenvalue weighted by Crippen LogP contribution is -2.42. The average Bonchev–Trinajstić information content (AvgIpc) is 2.38. The van der Waals surface area contributed by atoms with E-state index in [0.29, 0.717) is 6.54 Å². The van der Waals surface area contributed by atoms with E-state index >= 15 is 0 Å². The predicted molar refractivity (Wildman–Crippen MR) is 71.6 cm³/mol. The Kier molecular flexibility index (Phi) is 5.92. The summed E-state index contributed by atoms with van der Waals surface area (Å²) in [5, 5.41) is 4.93. The number of carbonyl (C=O) groups is 2. The Labute approximate surface area is 116 Å². The van der Waals surface area contributed by atoms with Crippen molar-refractivity contribution in [2.24, 2.45) is 5.73 Å². The lowest BCUT2D eigenvalue weighted by atomic mass is 10.2. The second kappa shape index (κ2) is 7.44. The second-order valence-electron chi connectivity index (χ2n) is 4.16. The van der Waals surface area contributed by atoms with Gasteiger partial charge in [0.15, 0.2) is 17.7 Å². The van der Waals surface area contributed by atoms with E-state index in [4.69, 9.17) is 10.5 Å². The molecule has 1 unspecified atom stereocenters. The van der Waals surface area contributed by atoms with Gasteiger partial charge in [0.1, 0.15) is 0 Å². The van der Waals surface area contributed by atoms with Crippen LogP contribution in [0.1, 0.15) is 19.4 Å². The van der Waals surface area contributed by atoms with E-state index in [1.807, 2.05) is 12.2 Å². The van der Waals surface area contributed by atoms with Gasteiger partial charge in [-0.25, -0.2) is 9.18 Å². The quantitative estimate of drug-likeness (QED) is 0.723. The lowest BCUT2D eigenvalue weighted by Gasteiger charge is -2.14. The van der Waals surface area contributed by atoms with Crippen LogP contribution < -0.4 is 21.1 Å². The fourth-order valence-electron chi connectivity index (χ4n) is 1.49. The molecule has 0 aromatic heterocycles. The minimum Gasteiger partial charge on any atom is -0.478 e. The summed E-state index contributed by atoms with van der Waals surface area (Å²) in [4.78, 5) is 21.9. The van der Waals surface area contributed by atoms with Gasteiger partial charge in [-0.15, -0.1) is 0 Å². The Morgan fingerprint density at radius 3 is 2.70 bits per heavy atom. The van der Waals surface area contributed by atoms with Gasteiger partial charge in [0.25, 0.3) is 5.91 Å². The highest BCUT2D eigenvalue weighted by atomic mass is 19.1. The van der Waals surface area contributed by atoms with Crippen molar-refractivity contribution in [2.45, 2.75) is 26.5 Å². The second-order valence-corrected chi connectivity index (χ2v) is 4.16. The van der Waals surface area contributed by atoms with Crippen molar-refractivity contribution in [1.29, 1.82) is 0 Å². The molecule has 1 aromatic carbocycles. The van der Waals surface area contributed by atoms with Crippen LogP contribution in [0.25, 0.3) is 0 Å². The molecular formula is C13H18FN3O3. The first-order valence-corrected chi connectivity index (χ1v) is 6.20. The van der Waals surface area contributed by atoms with Gasteiger partial charge in [0.2, 0.25) is 0 Å². The number of nitrogens with two attached hydrogens (primary N) is 1. The molecule has 20 heavy (non-hydrogen) atoms. The molecule has 0 heterocycles. The first kappa shape index (κ1) is 15.9. The molecule has 0 fully saturated rings. The fourth-order valence-corrected chi connectivity index (χ4v) is 1.49. The van der Waals surface area contributed by atoms with E-state index in [1.165, 1.54) is 19.1 Å². The Bertz CT molecular complexity index is 494. The van der Waals surface area contributed by atoms with E-state index in [-0.39, 0.29) is 5.75 Å². The van der Waals surface area contributed by atoms with Gasteiger partial charge in [0, 0.05) is 6.54 Å². The molecule has 0 radical (unpaired) electrons. The predicted octanol–water partition coefficient (Wildman–Crippen LogP) is 0.897. The molecule has 0 saturated heterocycles. The van der Waals surface area contributed by atoms with E-state index in [0.717, 1.165) is 12.1 Å². The number of rotatable bonds is 6. The standard InChI is InChI=1S/C13H18FN3O3/c1-3-16-7-9-4-5-11(10(14)6-9)20-8(2)12(18)17-13(15)19/h4-6,8,16H,3,7H2,1-2H3,(H3,15,17,18,19). The summed E-state index contributed by atoms with van der Waals surface area (Å²) in [7, 11) is 0. The summed E-state index contributed by atoms with van der Waals surface area (Å²) in [5.41, 5.74) is 5.58. The molecular weight excluding hydrogens is 265 g/mol. The first-order chi connectivity index (χ1) is 9.43. The summed E-state index contributed by atoms with van der Waals surface area (Å²) in [6, 6.07) is 3.49. The summed E-state index contributed by atoms with van der Waals surface area (Å²) in [6.45, 7) is 4.67. The Hall–Kier alpha value is -2.15. The van der Waals surface area contributed by atoms with Gasteiger partial charge in [-0.3, -0.25) is 10.1 Å². The van der Waals surface area contributed by atoms with Crippen LogP contribution in [-0.4, -0.2) is 24.6 Å². The zero-order valence-corrected chi connectivity index (χ0v) is 11.4. The molecule has 0 aliphatic carbocycles. The number of hydrogen-bond donors (Lipinski definition) is 3. The van der Waals surface area contributed by atoms with Crippen LogP contribution >= 0.6 is 0 Å². The van der Waals surface area contributed by atoms with Crippen molar-refractivity contribution in [3.05, 3.63) is 29.6 Å². The number of imide groups is 1. The monoisotopic (exact) mass is 283 g/mol. The number of primary amides is 1. The van der Waals surface area contributed by atoms with Gasteiger partial charge in [-0.2, -0.15) is 0 Å². The van der Waals surface area contributed by atoms with Crippen LogP contribution in [0.4, 0.5) is 9.18 Å². The van der Waals surface area contributed by atoms with E-state index in [1.54, 1.807) is 6.07 Å². The third-order valence-corrected chi connectivity index (χ3v) is 2.49. The SMILES string of the molecule is CCNCc1ccc(OC(C)C(=O)NC(N)=O)c(F)c1. The van der Waals surface area contributed by atoms with Gasteiger partial charge >= 0.3 is 6.03 Å². The number of ether oxygens (including phenoxy) is 1. The van der Waals surface area contributed by atoms with Gasteiger partial charge in [-0.05, 0) is 31.2 Å². The van der Waals surface area contributed by atoms with Crippen LogP contribution in [0, 0.1) is 5.82 Å². The Balaban J connectivity index is 2.68. The summed E-state index contributed by atoms with van der Waals surface area (Å²) < 4.78 is 18.9. The summed E-state index contributed by atoms with van der Waals surface area (Å²) in [5.74, 6) is -1.36. The van der Waals surface area contributed by atoms with Crippen molar-refractivity contribution in [2.75, 3.05) is 6.54 Å². The third-order valence-electron chi connectivity index (χ3n) is 2.49. The number of urea groups is 1. The van der Waals surface area contributed by atoms with Crippen LogP contribution in [0.3, 0.4) is 0 Å². The Morgan fingerprint density at radius 2 is 2.15 bits per heavy atom. The fraction of sp³-hybridized carbons (Fsp3) is 0.385. The number of amides is 3. The molecule has 0 aliphatic heterocycles. The zero-order valence-electron chi connectivity index (χ0n) is 11.4. The maximum absolute atomic E-state index is 13.8. The highest BCUT2D eigenvalue weighted by Crippen LogP contribution is 2.19. The van der Waals surface area contributed by atoms with Crippen molar-refractivity contribution in [3.8, 4) is 5.75 Å². The largest absolute Gasteiger partial charge is 0.478 e. The molecule has 0 spiro atoms. The Morgan fingerprint density at radius 1 is 1.45 bits per heavy atom. The van der Waals surface area contributed by atoms with Crippen molar-refractivity contribution in [1.82, 2.24) is 10.6 Å². The maximum atomic E-state index is 13.8. The highest BCUT2D eigenvalue weighted by molar-refractivity contribution is 5.95. The third kappa shape index (κ3) is 4.85. The summed E-state index contributed by atoms with van der Waals surface area (Å²) >= 11 is 0. The number of carbonyl (C=O) groups excluding carboxylic acids is 2. The number of nitrogens with one attached hydrogen (secondary N) is 2. The summed E-state index contributed by atoms with van der Waals surface area (Å²) in [6.07, 6.45) is -1.03. The van der Waals surface area contributed by atoms with Crippen molar-refractivity contribution < 1.29 is 18.7 Å².